The Kier molecular flexibility index (Phi) is 1.73. The van der Waals surface area contributed by atoms with Crippen LogP contribution in [0.15, 0.2) is 0 Å². The zero-order valence-electron chi connectivity index (χ0n) is 8.81. The Labute approximate surface area is 80.1 Å². The van der Waals surface area contributed by atoms with Gasteiger partial charge in [0.1, 0.15) is 0 Å². The summed E-state index contributed by atoms with van der Waals surface area (Å²) >= 11 is 0. The molecule has 13 heavy (non-hydrogen) atoms. The van der Waals surface area contributed by atoms with E-state index in [1.807, 2.05) is 0 Å². The molecule has 0 radical (unpaired) electrons. The standard InChI is InChI=1S/C11H19NO/c1-8-4-10(2)6-9(13)12-11(3,5-8)7-10/h8H,4-7H2,1-3H3,(H,12,13). The second-order valence-electron chi connectivity index (χ2n) is 5.79. The lowest BCUT2D eigenvalue weighted by atomic mass is 9.60. The van der Waals surface area contributed by atoms with Crippen LogP contribution in [0.5, 0.6) is 0 Å². The maximum Gasteiger partial charge on any atom is 0.220 e. The summed E-state index contributed by atoms with van der Waals surface area (Å²) in [5.41, 5.74) is 0.358. The van der Waals surface area contributed by atoms with E-state index in [4.69, 9.17) is 0 Å². The molecule has 2 nitrogen and oxygen atoms in total. The highest BCUT2D eigenvalue weighted by Crippen LogP contribution is 2.48. The molecule has 1 aliphatic carbocycles. The quantitative estimate of drug-likeness (QED) is 0.609. The maximum atomic E-state index is 11.5. The Morgan fingerprint density at radius 1 is 1.38 bits per heavy atom. The van der Waals surface area contributed by atoms with Crippen molar-refractivity contribution in [2.24, 2.45) is 11.3 Å². The molecule has 2 aliphatic rings. The van der Waals surface area contributed by atoms with Crippen molar-refractivity contribution in [2.45, 2.75) is 52.0 Å². The fourth-order valence-electron chi connectivity index (χ4n) is 3.77. The van der Waals surface area contributed by atoms with Gasteiger partial charge >= 0.3 is 0 Å². The van der Waals surface area contributed by atoms with Crippen molar-refractivity contribution in [3.05, 3.63) is 0 Å². The third kappa shape index (κ3) is 1.59. The van der Waals surface area contributed by atoms with Gasteiger partial charge < -0.3 is 5.32 Å². The van der Waals surface area contributed by atoms with Crippen LogP contribution in [0.3, 0.4) is 0 Å². The minimum Gasteiger partial charge on any atom is -0.351 e. The number of hydrogen-bond donors (Lipinski definition) is 1. The van der Waals surface area contributed by atoms with Crippen LogP contribution in [0.1, 0.15) is 46.5 Å². The van der Waals surface area contributed by atoms with Crippen LogP contribution in [0.4, 0.5) is 0 Å². The molecule has 0 aromatic heterocycles. The smallest absolute Gasteiger partial charge is 0.220 e. The molecule has 3 unspecified atom stereocenters. The molecule has 1 saturated carbocycles. The number of carbonyl (C=O) groups excluding carboxylic acids is 1. The first-order chi connectivity index (χ1) is 5.91. The molecule has 2 bridgehead atoms. The molecule has 1 saturated heterocycles. The molecule has 1 N–H and O–H groups in total. The topological polar surface area (TPSA) is 29.1 Å². The van der Waals surface area contributed by atoms with Gasteiger partial charge in [-0.2, -0.15) is 0 Å². The summed E-state index contributed by atoms with van der Waals surface area (Å²) in [7, 11) is 0. The number of amides is 1. The SMILES string of the molecule is CC1CC2(C)CC(=O)NC(C)(C1)C2. The minimum absolute atomic E-state index is 0.0851. The van der Waals surface area contributed by atoms with Gasteiger partial charge in [0.25, 0.3) is 0 Å². The predicted molar refractivity (Wildman–Crippen MR) is 52.3 cm³/mol. The van der Waals surface area contributed by atoms with Crippen molar-refractivity contribution in [1.29, 1.82) is 0 Å². The van der Waals surface area contributed by atoms with Crippen LogP contribution < -0.4 is 5.32 Å². The van der Waals surface area contributed by atoms with Crippen molar-refractivity contribution in [3.8, 4) is 0 Å². The second-order valence-corrected chi connectivity index (χ2v) is 5.79. The summed E-state index contributed by atoms with van der Waals surface area (Å²) in [5.74, 6) is 1.01. The summed E-state index contributed by atoms with van der Waals surface area (Å²) < 4.78 is 0. The highest BCUT2D eigenvalue weighted by atomic mass is 16.1. The van der Waals surface area contributed by atoms with E-state index in [1.165, 1.54) is 6.42 Å². The number of hydrogen-bond acceptors (Lipinski definition) is 1. The van der Waals surface area contributed by atoms with E-state index in [2.05, 4.69) is 26.1 Å². The van der Waals surface area contributed by atoms with E-state index in [0.29, 0.717) is 0 Å². The van der Waals surface area contributed by atoms with Crippen molar-refractivity contribution in [1.82, 2.24) is 5.32 Å². The molecule has 1 amide bonds. The van der Waals surface area contributed by atoms with Gasteiger partial charge in [0, 0.05) is 12.0 Å². The molecule has 0 aromatic carbocycles. The van der Waals surface area contributed by atoms with Gasteiger partial charge in [-0.25, -0.2) is 0 Å². The van der Waals surface area contributed by atoms with Gasteiger partial charge in [0.2, 0.25) is 5.91 Å². The predicted octanol–water partition coefficient (Wildman–Crippen LogP) is 2.09. The zero-order valence-corrected chi connectivity index (χ0v) is 8.81. The summed E-state index contributed by atoms with van der Waals surface area (Å²) in [6, 6.07) is 0. The second kappa shape index (κ2) is 2.49. The molecule has 74 valence electrons. The van der Waals surface area contributed by atoms with Crippen molar-refractivity contribution in [2.75, 3.05) is 0 Å². The number of rotatable bonds is 0. The van der Waals surface area contributed by atoms with Crippen molar-refractivity contribution < 1.29 is 4.79 Å². The molecule has 2 fully saturated rings. The van der Waals surface area contributed by atoms with E-state index in [-0.39, 0.29) is 16.9 Å². The summed E-state index contributed by atoms with van der Waals surface area (Å²) in [6.07, 6.45) is 4.26. The molecule has 2 heteroatoms. The molecular formula is C11H19NO. The zero-order chi connectivity index (χ0) is 9.69. The molecule has 0 aromatic rings. The van der Waals surface area contributed by atoms with Gasteiger partial charge in [0.05, 0.1) is 0 Å². The van der Waals surface area contributed by atoms with E-state index >= 15 is 0 Å². The Morgan fingerprint density at radius 3 is 2.69 bits per heavy atom. The fourth-order valence-corrected chi connectivity index (χ4v) is 3.77. The normalized spacial score (nSPS) is 50.1. The molecular weight excluding hydrogens is 162 g/mol. The van der Waals surface area contributed by atoms with Gasteiger partial charge in [-0.1, -0.05) is 13.8 Å². The lowest BCUT2D eigenvalue weighted by Gasteiger charge is -2.51. The van der Waals surface area contributed by atoms with Crippen LogP contribution in [0, 0.1) is 11.3 Å². The van der Waals surface area contributed by atoms with Crippen molar-refractivity contribution in [3.63, 3.8) is 0 Å². The van der Waals surface area contributed by atoms with E-state index in [1.54, 1.807) is 0 Å². The molecule has 2 rings (SSSR count). The first-order valence-electron chi connectivity index (χ1n) is 5.22. The largest absolute Gasteiger partial charge is 0.351 e. The molecule has 1 heterocycles. The lowest BCUT2D eigenvalue weighted by molar-refractivity contribution is -0.132. The highest BCUT2D eigenvalue weighted by molar-refractivity contribution is 5.78. The number of fused-ring (bicyclic) bond motifs is 2. The monoisotopic (exact) mass is 181 g/mol. The van der Waals surface area contributed by atoms with Gasteiger partial charge in [0.15, 0.2) is 0 Å². The Bertz CT molecular complexity index is 228. The highest BCUT2D eigenvalue weighted by Gasteiger charge is 2.47. The van der Waals surface area contributed by atoms with Gasteiger partial charge in [-0.05, 0) is 37.5 Å². The number of nitrogens with one attached hydrogen (secondary N) is 1. The lowest BCUT2D eigenvalue weighted by Crippen LogP contribution is -2.58. The Hall–Kier alpha value is -0.530. The fraction of sp³-hybridized carbons (Fsp3) is 0.909. The van der Waals surface area contributed by atoms with Crippen molar-refractivity contribution >= 4 is 5.91 Å². The summed E-state index contributed by atoms with van der Waals surface area (Å²) in [4.78, 5) is 11.5. The molecule has 1 aliphatic heterocycles. The van der Waals surface area contributed by atoms with Crippen LogP contribution in [0.2, 0.25) is 0 Å². The Balaban J connectivity index is 2.26. The number of carbonyl (C=O) groups is 1. The van der Waals surface area contributed by atoms with E-state index < -0.39 is 0 Å². The third-order valence-corrected chi connectivity index (χ3v) is 3.49. The average Bonchev–Trinajstić information content (AvgIpc) is 1.75. The first kappa shape index (κ1) is 9.04. The van der Waals surface area contributed by atoms with Crippen LogP contribution >= 0.6 is 0 Å². The van der Waals surface area contributed by atoms with E-state index in [9.17, 15) is 4.79 Å². The van der Waals surface area contributed by atoms with Crippen LogP contribution in [0.25, 0.3) is 0 Å². The van der Waals surface area contributed by atoms with Gasteiger partial charge in [-0.15, -0.1) is 0 Å². The number of piperidine rings is 1. The summed E-state index contributed by atoms with van der Waals surface area (Å²) in [6.45, 7) is 6.75. The van der Waals surface area contributed by atoms with Crippen LogP contribution in [-0.4, -0.2) is 11.4 Å². The minimum atomic E-state index is 0.0851. The van der Waals surface area contributed by atoms with Crippen LogP contribution in [-0.2, 0) is 4.79 Å². The molecule has 3 atom stereocenters. The Morgan fingerprint density at radius 2 is 2.08 bits per heavy atom. The maximum absolute atomic E-state index is 11.5. The van der Waals surface area contributed by atoms with Gasteiger partial charge in [-0.3, -0.25) is 4.79 Å². The average molecular weight is 181 g/mol. The molecule has 0 spiro atoms. The van der Waals surface area contributed by atoms with E-state index in [0.717, 1.165) is 25.2 Å². The third-order valence-electron chi connectivity index (χ3n) is 3.49. The summed E-state index contributed by atoms with van der Waals surface area (Å²) in [5, 5.41) is 3.14. The first-order valence-corrected chi connectivity index (χ1v) is 5.22.